The van der Waals surface area contributed by atoms with Gasteiger partial charge >= 0.3 is 0 Å². The molecule has 1 aromatic rings. The van der Waals surface area contributed by atoms with Gasteiger partial charge in [0.05, 0.1) is 10.9 Å². The number of fused-ring (bicyclic) bond motifs is 1. The third-order valence-corrected chi connectivity index (χ3v) is 7.21. The summed E-state index contributed by atoms with van der Waals surface area (Å²) in [7, 11) is -3.67. The normalized spacial score (nSPS) is 26.9. The summed E-state index contributed by atoms with van der Waals surface area (Å²) >= 11 is 0. The highest BCUT2D eigenvalue weighted by atomic mass is 35.5. The molecule has 164 valence electrons. The second-order valence-electron chi connectivity index (χ2n) is 7.96. The molecule has 0 aromatic heterocycles. The molecule has 4 rings (SSSR count). The van der Waals surface area contributed by atoms with E-state index in [1.54, 1.807) is 12.1 Å². The van der Waals surface area contributed by atoms with Crippen LogP contribution < -0.4 is 15.4 Å². The molecule has 29 heavy (non-hydrogen) atoms. The molecule has 3 aliphatic rings. The van der Waals surface area contributed by atoms with Crippen LogP contribution in [0.1, 0.15) is 32.1 Å². The average Bonchev–Trinajstić information content (AvgIpc) is 3.11. The van der Waals surface area contributed by atoms with Crippen LogP contribution in [0, 0.1) is 5.92 Å². The molecule has 0 spiro atoms. The van der Waals surface area contributed by atoms with Crippen molar-refractivity contribution in [1.82, 2.24) is 10.2 Å². The molecule has 7 nitrogen and oxygen atoms in total. The number of amides is 1. The smallest absolute Gasteiger partial charge is 0.239 e. The zero-order valence-electron chi connectivity index (χ0n) is 16.3. The van der Waals surface area contributed by atoms with E-state index in [4.69, 9.17) is 5.14 Å². The van der Waals surface area contributed by atoms with Crippen LogP contribution in [0.2, 0.25) is 0 Å². The lowest BCUT2D eigenvalue weighted by Crippen LogP contribution is -2.53. The average molecular weight is 465 g/mol. The Morgan fingerprint density at radius 1 is 1.00 bits per heavy atom. The van der Waals surface area contributed by atoms with Gasteiger partial charge in [0, 0.05) is 37.9 Å². The van der Waals surface area contributed by atoms with Crippen LogP contribution in [0.5, 0.6) is 0 Å². The summed E-state index contributed by atoms with van der Waals surface area (Å²) in [6, 6.07) is 7.14. The number of carbonyl (C=O) groups excluding carboxylic acids is 1. The standard InChI is InChI=1S/C19H28N4O3S.2ClH/c20-27(25,26)16-7-5-15(6-8-16)22-9-11-23(12-10-22)19(24)18-13-14-3-1-2-4-17(14)21-18;;/h5-8,14,17-18,21H,1-4,9-13H2,(H2,20,25,26);2*1H. The van der Waals surface area contributed by atoms with E-state index in [0.29, 0.717) is 25.0 Å². The Morgan fingerprint density at radius 3 is 2.21 bits per heavy atom. The number of halogens is 2. The molecular weight excluding hydrogens is 435 g/mol. The van der Waals surface area contributed by atoms with Crippen molar-refractivity contribution < 1.29 is 13.2 Å². The quantitative estimate of drug-likeness (QED) is 0.709. The molecule has 0 radical (unpaired) electrons. The van der Waals surface area contributed by atoms with Gasteiger partial charge in [0.1, 0.15) is 0 Å². The topological polar surface area (TPSA) is 95.7 Å². The minimum atomic E-state index is -3.67. The Hall–Kier alpha value is -1.06. The second-order valence-corrected chi connectivity index (χ2v) is 9.52. The van der Waals surface area contributed by atoms with Crippen molar-refractivity contribution in [1.29, 1.82) is 0 Å². The number of benzene rings is 1. The molecule has 2 heterocycles. The van der Waals surface area contributed by atoms with Crippen LogP contribution in [0.15, 0.2) is 29.2 Å². The van der Waals surface area contributed by atoms with Crippen molar-refractivity contribution in [3.63, 3.8) is 0 Å². The zero-order chi connectivity index (χ0) is 19.0. The molecule has 3 N–H and O–H groups in total. The summed E-state index contributed by atoms with van der Waals surface area (Å²) in [6.07, 6.45) is 6.02. The van der Waals surface area contributed by atoms with Crippen molar-refractivity contribution in [2.45, 2.75) is 49.1 Å². The van der Waals surface area contributed by atoms with Gasteiger partial charge in [-0.15, -0.1) is 24.8 Å². The number of nitrogens with one attached hydrogen (secondary N) is 1. The number of hydrogen-bond donors (Lipinski definition) is 2. The van der Waals surface area contributed by atoms with E-state index in [2.05, 4.69) is 10.2 Å². The lowest BCUT2D eigenvalue weighted by Gasteiger charge is -2.37. The van der Waals surface area contributed by atoms with Gasteiger partial charge in [-0.25, -0.2) is 13.6 Å². The molecule has 1 saturated carbocycles. The third kappa shape index (κ3) is 5.35. The number of rotatable bonds is 3. The second kappa shape index (κ2) is 9.83. The van der Waals surface area contributed by atoms with Gasteiger partial charge in [0.2, 0.25) is 15.9 Å². The molecule has 3 atom stereocenters. The highest BCUT2D eigenvalue weighted by molar-refractivity contribution is 7.89. The van der Waals surface area contributed by atoms with Gasteiger partial charge < -0.3 is 15.1 Å². The Labute approximate surface area is 185 Å². The van der Waals surface area contributed by atoms with E-state index < -0.39 is 10.0 Å². The van der Waals surface area contributed by atoms with Gasteiger partial charge in [-0.3, -0.25) is 4.79 Å². The summed E-state index contributed by atoms with van der Waals surface area (Å²) in [5.74, 6) is 0.917. The number of hydrogen-bond acceptors (Lipinski definition) is 5. The molecule has 3 fully saturated rings. The molecular formula is C19H30Cl2N4O3S. The van der Waals surface area contributed by atoms with Crippen LogP contribution >= 0.6 is 24.8 Å². The Morgan fingerprint density at radius 2 is 1.62 bits per heavy atom. The fourth-order valence-electron chi connectivity index (χ4n) is 4.76. The number of carbonyl (C=O) groups is 1. The van der Waals surface area contributed by atoms with Crippen molar-refractivity contribution in [3.8, 4) is 0 Å². The number of sulfonamides is 1. The highest BCUT2D eigenvalue weighted by Gasteiger charge is 2.40. The summed E-state index contributed by atoms with van der Waals surface area (Å²) in [4.78, 5) is 17.2. The molecule has 1 aliphatic carbocycles. The maximum Gasteiger partial charge on any atom is 0.239 e. The summed E-state index contributed by atoms with van der Waals surface area (Å²) in [5.41, 5.74) is 0.958. The van der Waals surface area contributed by atoms with Gasteiger partial charge in [0.15, 0.2) is 0 Å². The van der Waals surface area contributed by atoms with Gasteiger partial charge in [0.25, 0.3) is 0 Å². The van der Waals surface area contributed by atoms with E-state index in [1.165, 1.54) is 37.8 Å². The van der Waals surface area contributed by atoms with Gasteiger partial charge in [-0.2, -0.15) is 0 Å². The number of piperazine rings is 1. The summed E-state index contributed by atoms with van der Waals surface area (Å²) < 4.78 is 22.7. The van der Waals surface area contributed by atoms with Gasteiger partial charge in [-0.1, -0.05) is 12.8 Å². The Balaban J connectivity index is 0.00000150. The largest absolute Gasteiger partial charge is 0.368 e. The van der Waals surface area contributed by atoms with E-state index in [1.807, 2.05) is 4.90 Å². The molecule has 2 saturated heterocycles. The number of anilines is 1. The summed E-state index contributed by atoms with van der Waals surface area (Å²) in [5, 5.41) is 8.73. The minimum absolute atomic E-state index is 0. The lowest BCUT2D eigenvalue weighted by atomic mass is 9.85. The molecule has 0 bridgehead atoms. The van der Waals surface area contributed by atoms with Crippen molar-refractivity contribution >= 4 is 46.4 Å². The first-order valence-corrected chi connectivity index (χ1v) is 11.4. The maximum atomic E-state index is 12.9. The van der Waals surface area contributed by atoms with Crippen LogP contribution in [-0.2, 0) is 14.8 Å². The summed E-state index contributed by atoms with van der Waals surface area (Å²) in [6.45, 7) is 2.90. The van der Waals surface area contributed by atoms with Crippen LogP contribution in [0.4, 0.5) is 5.69 Å². The Kier molecular flexibility index (Phi) is 8.21. The first kappa shape index (κ1) is 24.2. The van der Waals surface area contributed by atoms with Crippen LogP contribution in [-0.4, -0.2) is 57.5 Å². The molecule has 10 heteroatoms. The van der Waals surface area contributed by atoms with E-state index in [-0.39, 0.29) is 41.7 Å². The molecule has 1 amide bonds. The fraction of sp³-hybridized carbons (Fsp3) is 0.632. The van der Waals surface area contributed by atoms with Gasteiger partial charge in [-0.05, 0) is 49.4 Å². The third-order valence-electron chi connectivity index (χ3n) is 6.28. The molecule has 1 aromatic carbocycles. The van der Waals surface area contributed by atoms with Crippen LogP contribution in [0.3, 0.4) is 0 Å². The zero-order valence-corrected chi connectivity index (χ0v) is 18.8. The van der Waals surface area contributed by atoms with Crippen LogP contribution in [0.25, 0.3) is 0 Å². The first-order chi connectivity index (χ1) is 12.9. The SMILES string of the molecule is Cl.Cl.NS(=O)(=O)c1ccc(N2CCN(C(=O)C3CC4CCCCC4N3)CC2)cc1. The molecule has 2 aliphatic heterocycles. The minimum Gasteiger partial charge on any atom is -0.368 e. The number of primary sulfonamides is 1. The highest BCUT2D eigenvalue weighted by Crippen LogP contribution is 2.33. The van der Waals surface area contributed by atoms with E-state index >= 15 is 0 Å². The lowest BCUT2D eigenvalue weighted by molar-refractivity contribution is -0.133. The van der Waals surface area contributed by atoms with Crippen molar-refractivity contribution in [2.24, 2.45) is 11.1 Å². The fourth-order valence-corrected chi connectivity index (χ4v) is 5.28. The van der Waals surface area contributed by atoms with Crippen molar-refractivity contribution in [2.75, 3.05) is 31.1 Å². The predicted molar refractivity (Wildman–Crippen MR) is 118 cm³/mol. The monoisotopic (exact) mass is 464 g/mol. The number of nitrogens with zero attached hydrogens (tertiary/aromatic N) is 2. The Bertz CT molecular complexity index is 784. The predicted octanol–water partition coefficient (Wildman–Crippen LogP) is 1.75. The number of nitrogens with two attached hydrogens (primary N) is 1. The maximum absolute atomic E-state index is 12.9. The van der Waals surface area contributed by atoms with Crippen molar-refractivity contribution in [3.05, 3.63) is 24.3 Å². The molecule has 3 unspecified atom stereocenters. The van der Waals surface area contributed by atoms with E-state index in [9.17, 15) is 13.2 Å². The van der Waals surface area contributed by atoms with E-state index in [0.717, 1.165) is 25.2 Å². The first-order valence-electron chi connectivity index (χ1n) is 9.84.